The predicted octanol–water partition coefficient (Wildman–Crippen LogP) is 5.02. The lowest BCUT2D eigenvalue weighted by Gasteiger charge is -2.25. The molecule has 0 saturated heterocycles. The molecule has 0 bridgehead atoms. The smallest absolute Gasteiger partial charge is 0.0426 e. The van der Waals surface area contributed by atoms with Crippen LogP contribution < -0.4 is 10.2 Å². The van der Waals surface area contributed by atoms with E-state index in [4.69, 9.17) is 11.6 Å². The number of hydrogen-bond acceptors (Lipinski definition) is 2. The van der Waals surface area contributed by atoms with E-state index in [1.54, 1.807) is 0 Å². The van der Waals surface area contributed by atoms with Crippen LogP contribution in [0.25, 0.3) is 0 Å². The molecular weight excluding hydrogens is 348 g/mol. The van der Waals surface area contributed by atoms with E-state index >= 15 is 0 Å². The first-order valence-corrected chi connectivity index (χ1v) is 8.10. The molecule has 112 valence electrons. The molecule has 0 aliphatic heterocycles. The summed E-state index contributed by atoms with van der Waals surface area (Å²) in [5.41, 5.74) is 3.70. The Morgan fingerprint density at radius 1 is 1.24 bits per heavy atom. The Morgan fingerprint density at radius 2 is 2.00 bits per heavy atom. The highest BCUT2D eigenvalue weighted by molar-refractivity contribution is 9.10. The first-order chi connectivity index (χ1) is 10.0. The number of nitrogens with zero attached hydrogens (tertiary/aromatic N) is 1. The Balaban J connectivity index is 2.29. The van der Waals surface area contributed by atoms with Crippen LogP contribution in [0.3, 0.4) is 0 Å². The third kappa shape index (κ3) is 4.22. The maximum atomic E-state index is 6.07. The van der Waals surface area contributed by atoms with Crippen LogP contribution >= 0.6 is 27.5 Å². The Morgan fingerprint density at radius 3 is 2.67 bits per heavy atom. The summed E-state index contributed by atoms with van der Waals surface area (Å²) in [7, 11) is 4.09. The van der Waals surface area contributed by atoms with E-state index in [9.17, 15) is 0 Å². The van der Waals surface area contributed by atoms with Gasteiger partial charge in [-0.05, 0) is 49.4 Å². The predicted molar refractivity (Wildman–Crippen MR) is 95.2 cm³/mol. The van der Waals surface area contributed by atoms with Crippen molar-refractivity contribution in [3.8, 4) is 0 Å². The quantitative estimate of drug-likeness (QED) is 0.798. The second-order valence-electron chi connectivity index (χ2n) is 5.20. The van der Waals surface area contributed by atoms with Gasteiger partial charge in [-0.2, -0.15) is 0 Å². The number of halogens is 2. The molecule has 21 heavy (non-hydrogen) atoms. The van der Waals surface area contributed by atoms with Gasteiger partial charge in [-0.25, -0.2) is 0 Å². The minimum atomic E-state index is 0.301. The summed E-state index contributed by atoms with van der Waals surface area (Å²) in [5.74, 6) is 0. The van der Waals surface area contributed by atoms with Crippen molar-refractivity contribution in [3.05, 3.63) is 63.1 Å². The molecule has 2 aromatic rings. The maximum Gasteiger partial charge on any atom is 0.0426 e. The van der Waals surface area contributed by atoms with Gasteiger partial charge in [-0.3, -0.25) is 0 Å². The third-order valence-electron chi connectivity index (χ3n) is 3.61. The largest absolute Gasteiger partial charge is 0.370 e. The third-order valence-corrected chi connectivity index (χ3v) is 4.34. The minimum absolute atomic E-state index is 0.301. The van der Waals surface area contributed by atoms with Crippen molar-refractivity contribution in [2.24, 2.45) is 0 Å². The summed E-state index contributed by atoms with van der Waals surface area (Å²) in [5, 5.41) is 4.08. The summed E-state index contributed by atoms with van der Waals surface area (Å²) in [6, 6.07) is 14.7. The fraction of sp³-hybridized carbons (Fsp3) is 0.294. The highest BCUT2D eigenvalue weighted by atomic mass is 79.9. The van der Waals surface area contributed by atoms with Gasteiger partial charge in [-0.1, -0.05) is 45.7 Å². The van der Waals surface area contributed by atoms with Crippen LogP contribution in [0, 0.1) is 0 Å². The Bertz CT molecular complexity index is 615. The second kappa shape index (κ2) is 7.30. The number of nitrogens with one attached hydrogen (secondary N) is 1. The summed E-state index contributed by atoms with van der Waals surface area (Å²) < 4.78 is 1.09. The fourth-order valence-electron chi connectivity index (χ4n) is 2.36. The Kier molecular flexibility index (Phi) is 5.68. The van der Waals surface area contributed by atoms with Gasteiger partial charge >= 0.3 is 0 Å². The van der Waals surface area contributed by atoms with Crippen LogP contribution in [0.1, 0.15) is 24.1 Å². The average molecular weight is 368 g/mol. The summed E-state index contributed by atoms with van der Waals surface area (Å²) in [4.78, 5) is 2.25. The lowest BCUT2D eigenvalue weighted by atomic mass is 10.0. The number of hydrogen-bond donors (Lipinski definition) is 1. The summed E-state index contributed by atoms with van der Waals surface area (Å²) in [6.07, 6.45) is 0. The molecule has 0 spiro atoms. The minimum Gasteiger partial charge on any atom is -0.370 e. The molecule has 1 unspecified atom stereocenters. The van der Waals surface area contributed by atoms with Gasteiger partial charge in [0.2, 0.25) is 0 Å². The van der Waals surface area contributed by atoms with Crippen molar-refractivity contribution < 1.29 is 0 Å². The van der Waals surface area contributed by atoms with Crippen molar-refractivity contribution in [1.29, 1.82) is 0 Å². The molecule has 2 aromatic carbocycles. The number of rotatable bonds is 5. The molecular formula is C17H20BrClN2. The lowest BCUT2D eigenvalue weighted by Crippen LogP contribution is -2.21. The van der Waals surface area contributed by atoms with Crippen molar-refractivity contribution >= 4 is 33.2 Å². The van der Waals surface area contributed by atoms with Crippen molar-refractivity contribution in [1.82, 2.24) is 5.32 Å². The van der Waals surface area contributed by atoms with E-state index in [-0.39, 0.29) is 0 Å². The molecule has 4 heteroatoms. The fourth-order valence-corrected chi connectivity index (χ4v) is 2.93. The topological polar surface area (TPSA) is 15.3 Å². The molecule has 0 amide bonds. The van der Waals surface area contributed by atoms with Crippen LogP contribution in [-0.2, 0) is 6.54 Å². The van der Waals surface area contributed by atoms with Gasteiger partial charge in [0.1, 0.15) is 0 Å². The highest BCUT2D eigenvalue weighted by Gasteiger charge is 2.13. The van der Waals surface area contributed by atoms with Crippen molar-refractivity contribution in [3.63, 3.8) is 0 Å². The molecule has 0 aliphatic rings. The molecule has 2 nitrogen and oxygen atoms in total. The zero-order valence-electron chi connectivity index (χ0n) is 12.5. The molecule has 0 aliphatic carbocycles. The van der Waals surface area contributed by atoms with E-state index in [0.29, 0.717) is 6.04 Å². The van der Waals surface area contributed by atoms with Gasteiger partial charge in [0.25, 0.3) is 0 Å². The first-order valence-electron chi connectivity index (χ1n) is 6.93. The average Bonchev–Trinajstić information content (AvgIpc) is 2.46. The zero-order valence-corrected chi connectivity index (χ0v) is 14.9. The lowest BCUT2D eigenvalue weighted by molar-refractivity contribution is 0.649. The monoisotopic (exact) mass is 366 g/mol. The molecule has 0 radical (unpaired) electrons. The normalized spacial score (nSPS) is 12.2. The van der Waals surface area contributed by atoms with E-state index in [0.717, 1.165) is 16.0 Å². The Labute approximate surface area is 140 Å². The molecule has 0 fully saturated rings. The van der Waals surface area contributed by atoms with Crippen LogP contribution in [0.2, 0.25) is 5.02 Å². The van der Waals surface area contributed by atoms with Gasteiger partial charge in [0.15, 0.2) is 0 Å². The summed E-state index contributed by atoms with van der Waals surface area (Å²) >= 11 is 9.63. The van der Waals surface area contributed by atoms with Gasteiger partial charge in [-0.15, -0.1) is 0 Å². The van der Waals surface area contributed by atoms with Crippen LogP contribution in [0.5, 0.6) is 0 Å². The molecule has 2 rings (SSSR count). The number of anilines is 1. The van der Waals surface area contributed by atoms with E-state index < -0.39 is 0 Å². The van der Waals surface area contributed by atoms with Crippen LogP contribution in [0.4, 0.5) is 5.69 Å². The standard InChI is InChI=1S/C17H20BrClN2/c1-12(20-2)16-8-7-14(18)10-17(16)21(3)11-13-5-4-6-15(19)9-13/h4-10,12,20H,11H2,1-3H3. The van der Waals surface area contributed by atoms with E-state index in [1.807, 2.05) is 25.2 Å². The van der Waals surface area contributed by atoms with Gasteiger partial charge in [0.05, 0.1) is 0 Å². The second-order valence-corrected chi connectivity index (χ2v) is 6.55. The van der Waals surface area contributed by atoms with E-state index in [1.165, 1.54) is 16.8 Å². The Hall–Kier alpha value is -1.03. The van der Waals surface area contributed by atoms with E-state index in [2.05, 4.69) is 64.4 Å². The van der Waals surface area contributed by atoms with Gasteiger partial charge < -0.3 is 10.2 Å². The molecule has 0 aromatic heterocycles. The molecule has 0 saturated carbocycles. The molecule has 1 N–H and O–H groups in total. The molecule has 1 atom stereocenters. The van der Waals surface area contributed by atoms with Crippen LogP contribution in [-0.4, -0.2) is 14.1 Å². The van der Waals surface area contributed by atoms with Gasteiger partial charge in [0, 0.05) is 34.8 Å². The SMILES string of the molecule is CNC(C)c1ccc(Br)cc1N(C)Cc1cccc(Cl)c1. The zero-order chi connectivity index (χ0) is 15.4. The highest BCUT2D eigenvalue weighted by Crippen LogP contribution is 2.30. The summed E-state index contributed by atoms with van der Waals surface area (Å²) in [6.45, 7) is 2.99. The molecule has 0 heterocycles. The van der Waals surface area contributed by atoms with Crippen LogP contribution in [0.15, 0.2) is 46.9 Å². The van der Waals surface area contributed by atoms with Crippen molar-refractivity contribution in [2.45, 2.75) is 19.5 Å². The maximum absolute atomic E-state index is 6.07. The number of benzene rings is 2. The van der Waals surface area contributed by atoms with Crippen molar-refractivity contribution in [2.75, 3.05) is 19.0 Å². The first kappa shape index (κ1) is 16.3.